The van der Waals surface area contributed by atoms with E-state index in [4.69, 9.17) is 4.99 Å². The van der Waals surface area contributed by atoms with Gasteiger partial charge in [0.1, 0.15) is 34.8 Å². The molecule has 1 amide bonds. The summed E-state index contributed by atoms with van der Waals surface area (Å²) in [5, 5.41) is 0. The third kappa shape index (κ3) is 4.43. The van der Waals surface area contributed by atoms with Crippen molar-refractivity contribution in [2.24, 2.45) is 4.99 Å². The monoisotopic (exact) mass is 566 g/mol. The topological polar surface area (TPSA) is 66.6 Å². The normalized spacial score (nSPS) is 15.7. The Labute approximate surface area is 231 Å². The zero-order valence-corrected chi connectivity index (χ0v) is 22.2. The SMILES string of the molecule is CCN1C(=O)c2nc(-c3cnc(-c4ccc(F)cc4F)c(F)c3)n(Cc3ccc(F)c(F)c3)c2N2CC(C)(C)N=C12. The van der Waals surface area contributed by atoms with Gasteiger partial charge in [-0.25, -0.2) is 31.9 Å². The van der Waals surface area contributed by atoms with Gasteiger partial charge in [0, 0.05) is 29.9 Å². The molecular weight excluding hydrogens is 543 g/mol. The van der Waals surface area contributed by atoms with Crippen molar-refractivity contribution in [2.45, 2.75) is 32.9 Å². The number of guanidine groups is 1. The fourth-order valence-electron chi connectivity index (χ4n) is 5.20. The van der Waals surface area contributed by atoms with Gasteiger partial charge in [0.25, 0.3) is 5.91 Å². The molecule has 0 N–H and O–H groups in total. The molecule has 2 aliphatic rings. The van der Waals surface area contributed by atoms with E-state index in [1.54, 1.807) is 11.5 Å². The number of halogens is 5. The highest BCUT2D eigenvalue weighted by molar-refractivity contribution is 6.18. The zero-order chi connectivity index (χ0) is 29.2. The lowest BCUT2D eigenvalue weighted by molar-refractivity contribution is 0.0841. The first kappa shape index (κ1) is 26.6. The molecule has 2 aliphatic heterocycles. The Hall–Kier alpha value is -4.61. The minimum atomic E-state index is -1.05. The molecule has 6 rings (SSSR count). The molecule has 2 aromatic carbocycles. The van der Waals surface area contributed by atoms with E-state index < -0.39 is 40.5 Å². The smallest absolute Gasteiger partial charge is 0.283 e. The fourth-order valence-corrected chi connectivity index (χ4v) is 5.20. The van der Waals surface area contributed by atoms with Gasteiger partial charge in [0.15, 0.2) is 17.3 Å². The fraction of sp³-hybridized carbons (Fsp3) is 0.241. The minimum Gasteiger partial charge on any atom is -0.305 e. The number of nitrogens with zero attached hydrogens (tertiary/aromatic N) is 6. The number of rotatable bonds is 5. The van der Waals surface area contributed by atoms with Crippen LogP contribution < -0.4 is 4.90 Å². The third-order valence-electron chi connectivity index (χ3n) is 7.00. The van der Waals surface area contributed by atoms with Crippen LogP contribution in [0.15, 0.2) is 53.7 Å². The van der Waals surface area contributed by atoms with Gasteiger partial charge in [-0.05, 0) is 56.7 Å². The second kappa shape index (κ2) is 9.50. The van der Waals surface area contributed by atoms with E-state index in [0.717, 1.165) is 30.3 Å². The summed E-state index contributed by atoms with van der Waals surface area (Å²) < 4.78 is 72.6. The number of aliphatic imine (C=N–C) groups is 1. The average Bonchev–Trinajstić information content (AvgIpc) is 3.44. The number of anilines is 1. The maximum absolute atomic E-state index is 15.4. The highest BCUT2D eigenvalue weighted by atomic mass is 19.2. The molecule has 2 aromatic heterocycles. The molecule has 0 atom stereocenters. The summed E-state index contributed by atoms with van der Waals surface area (Å²) in [5.74, 6) is -4.24. The molecule has 210 valence electrons. The lowest BCUT2D eigenvalue weighted by atomic mass is 10.1. The van der Waals surface area contributed by atoms with E-state index in [-0.39, 0.29) is 34.9 Å². The van der Waals surface area contributed by atoms with E-state index >= 15 is 4.39 Å². The van der Waals surface area contributed by atoms with Crippen LogP contribution in [-0.4, -0.2) is 49.9 Å². The molecule has 0 unspecified atom stereocenters. The first-order valence-electron chi connectivity index (χ1n) is 12.8. The van der Waals surface area contributed by atoms with Crippen LogP contribution >= 0.6 is 0 Å². The van der Waals surface area contributed by atoms with Crippen LogP contribution in [0.5, 0.6) is 0 Å². The van der Waals surface area contributed by atoms with Gasteiger partial charge < -0.3 is 4.57 Å². The van der Waals surface area contributed by atoms with Crippen molar-refractivity contribution in [3.8, 4) is 22.6 Å². The molecular formula is C29H23F5N6O. The van der Waals surface area contributed by atoms with E-state index in [1.807, 2.05) is 18.7 Å². The predicted octanol–water partition coefficient (Wildman–Crippen LogP) is 5.79. The Morgan fingerprint density at radius 1 is 0.902 bits per heavy atom. The summed E-state index contributed by atoms with van der Waals surface area (Å²) in [6, 6.07) is 7.25. The Morgan fingerprint density at radius 2 is 1.68 bits per heavy atom. The number of fused-ring (bicyclic) bond motifs is 3. The molecule has 0 radical (unpaired) electrons. The molecule has 0 spiro atoms. The number of benzene rings is 2. The number of carbonyl (C=O) groups is 1. The Bertz CT molecular complexity index is 1760. The number of hydrogen-bond acceptors (Lipinski definition) is 5. The molecule has 41 heavy (non-hydrogen) atoms. The van der Waals surface area contributed by atoms with Gasteiger partial charge in [0.2, 0.25) is 5.96 Å². The van der Waals surface area contributed by atoms with Crippen molar-refractivity contribution in [3.63, 3.8) is 0 Å². The van der Waals surface area contributed by atoms with Gasteiger partial charge in [-0.3, -0.25) is 19.6 Å². The molecule has 0 bridgehead atoms. The Balaban J connectivity index is 1.54. The largest absolute Gasteiger partial charge is 0.305 e. The van der Waals surface area contributed by atoms with Crippen LogP contribution in [0.2, 0.25) is 0 Å². The lowest BCUT2D eigenvalue weighted by Crippen LogP contribution is -2.51. The number of carbonyl (C=O) groups excluding carboxylic acids is 1. The average molecular weight is 567 g/mol. The first-order valence-corrected chi connectivity index (χ1v) is 12.8. The molecule has 12 heteroatoms. The van der Waals surface area contributed by atoms with Crippen molar-refractivity contribution in [3.05, 3.63) is 89.0 Å². The van der Waals surface area contributed by atoms with Crippen LogP contribution in [0.4, 0.5) is 27.8 Å². The second-order valence-electron chi connectivity index (χ2n) is 10.5. The van der Waals surface area contributed by atoms with Crippen LogP contribution in [0.25, 0.3) is 22.6 Å². The molecule has 0 fully saturated rings. The van der Waals surface area contributed by atoms with E-state index in [9.17, 15) is 22.4 Å². The summed E-state index contributed by atoms with van der Waals surface area (Å²) in [7, 11) is 0. The summed E-state index contributed by atoms with van der Waals surface area (Å²) in [4.78, 5) is 30.4. The zero-order valence-electron chi connectivity index (χ0n) is 22.2. The predicted molar refractivity (Wildman–Crippen MR) is 142 cm³/mol. The van der Waals surface area contributed by atoms with Crippen LogP contribution in [0, 0.1) is 29.1 Å². The molecule has 4 aromatic rings. The van der Waals surface area contributed by atoms with E-state index in [0.29, 0.717) is 36.5 Å². The first-order chi connectivity index (χ1) is 19.5. The van der Waals surface area contributed by atoms with Crippen molar-refractivity contribution < 1.29 is 26.7 Å². The van der Waals surface area contributed by atoms with Gasteiger partial charge in [-0.15, -0.1) is 0 Å². The van der Waals surface area contributed by atoms with Crippen LogP contribution in [0.3, 0.4) is 0 Å². The quantitative estimate of drug-likeness (QED) is 0.287. The van der Waals surface area contributed by atoms with Crippen LogP contribution in [-0.2, 0) is 6.54 Å². The maximum atomic E-state index is 15.4. The van der Waals surface area contributed by atoms with Gasteiger partial charge in [-0.2, -0.15) is 0 Å². The molecule has 0 aliphatic carbocycles. The Morgan fingerprint density at radius 3 is 2.37 bits per heavy atom. The number of hydrogen-bond donors (Lipinski definition) is 0. The maximum Gasteiger partial charge on any atom is 0.283 e. The standard InChI is InChI=1S/C29H23F5N6O/c1-4-38-27(41)24-26(40-14-29(2,3)37-28(38)40)39(13-15-5-8-19(31)21(33)9-15)25(36-24)16-10-22(34)23(35-12-16)18-7-6-17(30)11-20(18)32/h5-12H,4,13-14H2,1-3H3. The van der Waals surface area contributed by atoms with Crippen LogP contribution in [0.1, 0.15) is 36.8 Å². The number of pyridine rings is 1. The van der Waals surface area contributed by atoms with Crippen molar-refractivity contribution >= 4 is 17.7 Å². The third-order valence-corrected chi connectivity index (χ3v) is 7.00. The number of aromatic nitrogens is 3. The number of imidazole rings is 1. The number of amides is 1. The second-order valence-corrected chi connectivity index (χ2v) is 10.5. The van der Waals surface area contributed by atoms with Gasteiger partial charge in [0.05, 0.1) is 18.6 Å². The summed E-state index contributed by atoms with van der Waals surface area (Å²) in [5.41, 5.74) is -0.511. The summed E-state index contributed by atoms with van der Waals surface area (Å²) >= 11 is 0. The van der Waals surface area contributed by atoms with Crippen molar-refractivity contribution in [1.29, 1.82) is 0 Å². The van der Waals surface area contributed by atoms with Gasteiger partial charge in [-0.1, -0.05) is 6.07 Å². The lowest BCUT2D eigenvalue weighted by Gasteiger charge is -2.34. The van der Waals surface area contributed by atoms with Crippen molar-refractivity contribution in [2.75, 3.05) is 18.0 Å². The Kier molecular flexibility index (Phi) is 6.16. The van der Waals surface area contributed by atoms with Gasteiger partial charge >= 0.3 is 0 Å². The van der Waals surface area contributed by atoms with Crippen molar-refractivity contribution in [1.82, 2.24) is 19.4 Å². The molecule has 0 saturated heterocycles. The highest BCUT2D eigenvalue weighted by Crippen LogP contribution is 2.39. The summed E-state index contributed by atoms with van der Waals surface area (Å²) in [6.45, 7) is 6.31. The van der Waals surface area contributed by atoms with E-state index in [2.05, 4.69) is 9.97 Å². The minimum absolute atomic E-state index is 0.0472. The molecule has 4 heterocycles. The highest BCUT2D eigenvalue weighted by Gasteiger charge is 2.45. The molecule has 0 saturated carbocycles. The van der Waals surface area contributed by atoms with E-state index in [1.165, 1.54) is 17.2 Å². The molecule has 7 nitrogen and oxygen atoms in total. The summed E-state index contributed by atoms with van der Waals surface area (Å²) in [6.07, 6.45) is 1.27.